The molecule has 0 aliphatic heterocycles. The van der Waals surface area contributed by atoms with Gasteiger partial charge < -0.3 is 4.57 Å². The maximum atomic E-state index is 13.1. The summed E-state index contributed by atoms with van der Waals surface area (Å²) in [5.41, 5.74) is 6.27. The number of imidazole rings is 1. The van der Waals surface area contributed by atoms with Gasteiger partial charge in [0.05, 0.1) is 21.9 Å². The van der Waals surface area contributed by atoms with E-state index in [-0.39, 0.29) is 5.56 Å². The molecule has 0 aliphatic carbocycles. The fourth-order valence-corrected chi connectivity index (χ4v) is 3.22. The molecule has 0 N–H and O–H groups in total. The first-order chi connectivity index (χ1) is 11.0. The van der Waals surface area contributed by atoms with Crippen molar-refractivity contribution in [1.29, 1.82) is 0 Å². The van der Waals surface area contributed by atoms with Crippen LogP contribution in [-0.4, -0.2) is 14.0 Å². The highest BCUT2D eigenvalue weighted by Gasteiger charge is 2.15. The van der Waals surface area contributed by atoms with Crippen LogP contribution in [0.5, 0.6) is 0 Å². The molecule has 0 spiro atoms. The maximum Gasteiger partial charge on any atom is 0.267 e. The van der Waals surface area contributed by atoms with E-state index in [1.165, 1.54) is 11.1 Å². The third-order valence-electron chi connectivity index (χ3n) is 4.82. The van der Waals surface area contributed by atoms with Gasteiger partial charge in [-0.05, 0) is 61.2 Å². The number of benzene rings is 2. The third kappa shape index (κ3) is 1.84. The quantitative estimate of drug-likeness (QED) is 0.540. The van der Waals surface area contributed by atoms with Gasteiger partial charge in [0.25, 0.3) is 5.56 Å². The summed E-state index contributed by atoms with van der Waals surface area (Å²) in [6, 6.07) is 10.2. The van der Waals surface area contributed by atoms with Crippen LogP contribution in [0.15, 0.2) is 35.1 Å². The van der Waals surface area contributed by atoms with Gasteiger partial charge in [-0.3, -0.25) is 4.79 Å². The van der Waals surface area contributed by atoms with Crippen LogP contribution in [-0.2, 0) is 13.5 Å². The summed E-state index contributed by atoms with van der Waals surface area (Å²) >= 11 is 0. The second-order valence-corrected chi connectivity index (χ2v) is 6.24. The van der Waals surface area contributed by atoms with Crippen molar-refractivity contribution in [2.45, 2.75) is 27.2 Å². The third-order valence-corrected chi connectivity index (χ3v) is 4.82. The van der Waals surface area contributed by atoms with Crippen molar-refractivity contribution in [2.75, 3.05) is 0 Å². The van der Waals surface area contributed by atoms with Gasteiger partial charge in [0.15, 0.2) is 0 Å². The lowest BCUT2D eigenvalue weighted by atomic mass is 10.1. The highest BCUT2D eigenvalue weighted by Crippen LogP contribution is 2.23. The minimum Gasteiger partial charge on any atom is -0.313 e. The monoisotopic (exact) mass is 305 g/mol. The Hall–Kier alpha value is -2.62. The Kier molecular flexibility index (Phi) is 2.85. The second-order valence-electron chi connectivity index (χ2n) is 6.24. The van der Waals surface area contributed by atoms with Gasteiger partial charge in [-0.2, -0.15) is 0 Å². The van der Waals surface area contributed by atoms with E-state index in [2.05, 4.69) is 32.9 Å². The van der Waals surface area contributed by atoms with E-state index in [0.29, 0.717) is 11.2 Å². The van der Waals surface area contributed by atoms with Crippen LogP contribution < -0.4 is 5.56 Å². The molecule has 0 bridgehead atoms. The fourth-order valence-electron chi connectivity index (χ4n) is 3.22. The number of fused-ring (bicyclic) bond motifs is 4. The van der Waals surface area contributed by atoms with Gasteiger partial charge in [-0.15, -0.1) is 0 Å². The van der Waals surface area contributed by atoms with Crippen LogP contribution in [0.2, 0.25) is 0 Å². The highest BCUT2D eigenvalue weighted by molar-refractivity contribution is 5.87. The van der Waals surface area contributed by atoms with Crippen molar-refractivity contribution in [3.05, 3.63) is 57.4 Å². The van der Waals surface area contributed by atoms with E-state index in [9.17, 15) is 4.79 Å². The zero-order chi connectivity index (χ0) is 16.3. The predicted molar refractivity (Wildman–Crippen MR) is 94.3 cm³/mol. The molecule has 0 radical (unpaired) electrons. The van der Waals surface area contributed by atoms with Gasteiger partial charge in [0, 0.05) is 7.05 Å². The molecule has 4 nitrogen and oxygen atoms in total. The van der Waals surface area contributed by atoms with Crippen molar-refractivity contribution in [1.82, 2.24) is 14.0 Å². The molecule has 0 saturated carbocycles. The van der Waals surface area contributed by atoms with Crippen molar-refractivity contribution in [3.63, 3.8) is 0 Å². The lowest BCUT2D eigenvalue weighted by molar-refractivity contribution is 0.949. The number of hydrogen-bond donors (Lipinski definition) is 0. The molecule has 2 heterocycles. The van der Waals surface area contributed by atoms with Crippen LogP contribution in [0.1, 0.15) is 23.6 Å². The molecule has 116 valence electrons. The number of nitrogens with zero attached hydrogens (tertiary/aromatic N) is 3. The first kappa shape index (κ1) is 14.0. The first-order valence-corrected chi connectivity index (χ1v) is 7.92. The second kappa shape index (κ2) is 4.69. The molecule has 0 amide bonds. The zero-order valence-corrected chi connectivity index (χ0v) is 13.8. The maximum absolute atomic E-state index is 13.1. The molecule has 4 aromatic rings. The van der Waals surface area contributed by atoms with E-state index >= 15 is 0 Å². The lowest BCUT2D eigenvalue weighted by Crippen LogP contribution is -2.15. The molecule has 4 rings (SSSR count). The van der Waals surface area contributed by atoms with Crippen molar-refractivity contribution in [2.24, 2.45) is 7.05 Å². The van der Waals surface area contributed by atoms with Gasteiger partial charge in [0.2, 0.25) is 5.78 Å². The molecule has 2 aromatic heterocycles. The molecule has 2 aromatic carbocycles. The Morgan fingerprint density at radius 2 is 1.74 bits per heavy atom. The zero-order valence-electron chi connectivity index (χ0n) is 13.8. The first-order valence-electron chi connectivity index (χ1n) is 7.92. The minimum absolute atomic E-state index is 0.00848. The molecular formula is C19H19N3O. The standard InChI is InChI=1S/C19H19N3O/c1-5-13-6-7-15-14(10-13)18(23)22-17-9-12(3)11(2)8-16(17)21(4)19(22)20-15/h6-10H,5H2,1-4H3. The number of rotatable bonds is 1. The SMILES string of the molecule is CCc1ccc2nc3n(C)c4cc(C)c(C)cc4n3c(=O)c2c1. The van der Waals surface area contributed by atoms with Crippen molar-refractivity contribution >= 4 is 27.7 Å². The van der Waals surface area contributed by atoms with Crippen molar-refractivity contribution in [3.8, 4) is 0 Å². The lowest BCUT2D eigenvalue weighted by Gasteiger charge is -2.03. The fraction of sp³-hybridized carbons (Fsp3) is 0.263. The Morgan fingerprint density at radius 1 is 1.04 bits per heavy atom. The topological polar surface area (TPSA) is 39.3 Å². The number of aromatic nitrogens is 3. The van der Waals surface area contributed by atoms with Crippen LogP contribution in [0.25, 0.3) is 27.7 Å². The van der Waals surface area contributed by atoms with Crippen LogP contribution in [0.3, 0.4) is 0 Å². The molecule has 0 unspecified atom stereocenters. The van der Waals surface area contributed by atoms with Gasteiger partial charge in [-0.25, -0.2) is 9.38 Å². The number of aryl methyl sites for hydroxylation is 4. The van der Waals surface area contributed by atoms with Crippen LogP contribution >= 0.6 is 0 Å². The van der Waals surface area contributed by atoms with Crippen LogP contribution in [0, 0.1) is 13.8 Å². The average Bonchev–Trinajstić information content (AvgIpc) is 2.81. The predicted octanol–water partition coefficient (Wildman–Crippen LogP) is 3.52. The van der Waals surface area contributed by atoms with E-state index < -0.39 is 0 Å². The van der Waals surface area contributed by atoms with Gasteiger partial charge in [0.1, 0.15) is 0 Å². The molecule has 0 atom stereocenters. The molecule has 0 fully saturated rings. The Bertz CT molecular complexity index is 1150. The summed E-state index contributed by atoms with van der Waals surface area (Å²) in [4.78, 5) is 17.8. The normalized spacial score (nSPS) is 11.8. The van der Waals surface area contributed by atoms with E-state index in [1.54, 1.807) is 4.40 Å². The molecule has 0 aliphatic rings. The summed E-state index contributed by atoms with van der Waals surface area (Å²) < 4.78 is 3.74. The largest absolute Gasteiger partial charge is 0.313 e. The Labute approximate surface area is 134 Å². The summed E-state index contributed by atoms with van der Waals surface area (Å²) in [7, 11) is 1.96. The summed E-state index contributed by atoms with van der Waals surface area (Å²) in [5.74, 6) is 0.687. The summed E-state index contributed by atoms with van der Waals surface area (Å²) in [5, 5.41) is 0.688. The molecule has 23 heavy (non-hydrogen) atoms. The molecule has 0 saturated heterocycles. The van der Waals surface area contributed by atoms with Crippen LogP contribution in [0.4, 0.5) is 0 Å². The van der Waals surface area contributed by atoms with E-state index in [0.717, 1.165) is 28.5 Å². The smallest absolute Gasteiger partial charge is 0.267 e. The van der Waals surface area contributed by atoms with E-state index in [4.69, 9.17) is 4.98 Å². The van der Waals surface area contributed by atoms with Crippen molar-refractivity contribution < 1.29 is 0 Å². The minimum atomic E-state index is 0.00848. The van der Waals surface area contributed by atoms with Gasteiger partial charge in [-0.1, -0.05) is 13.0 Å². The number of hydrogen-bond acceptors (Lipinski definition) is 2. The van der Waals surface area contributed by atoms with E-state index in [1.807, 2.05) is 29.8 Å². The van der Waals surface area contributed by atoms with Gasteiger partial charge >= 0.3 is 0 Å². The highest BCUT2D eigenvalue weighted by atomic mass is 16.1. The summed E-state index contributed by atoms with van der Waals surface area (Å²) in [6.07, 6.45) is 0.909. The molecular weight excluding hydrogens is 286 g/mol. The molecule has 4 heteroatoms. The average molecular weight is 305 g/mol. The Balaban J connectivity index is 2.28. The Morgan fingerprint density at radius 3 is 2.43 bits per heavy atom. The summed E-state index contributed by atoms with van der Waals surface area (Å²) in [6.45, 7) is 6.25.